The molecule has 1 unspecified atom stereocenters. The second-order valence-electron chi connectivity index (χ2n) is 4.82. The monoisotopic (exact) mass is 233 g/mol. The Morgan fingerprint density at radius 2 is 2.12 bits per heavy atom. The van der Waals surface area contributed by atoms with E-state index in [9.17, 15) is 4.79 Å². The predicted octanol–water partition coefficient (Wildman–Crippen LogP) is 2.17. The van der Waals surface area contributed by atoms with Crippen molar-refractivity contribution in [2.75, 3.05) is 13.1 Å². The number of nitrogens with one attached hydrogen (secondary N) is 1. The molecule has 0 bridgehead atoms. The first-order valence-corrected chi connectivity index (χ1v) is 6.21. The molecule has 0 saturated carbocycles. The van der Waals surface area contributed by atoms with Gasteiger partial charge in [0.15, 0.2) is 0 Å². The third-order valence-electron chi connectivity index (χ3n) is 3.68. The molecule has 3 heteroatoms. The lowest BCUT2D eigenvalue weighted by Crippen LogP contribution is -2.43. The Labute approximate surface area is 102 Å². The molecule has 0 amide bonds. The Bertz CT molecular complexity index is 369. The SMILES string of the molecule is O=C(O)CCC1(c2ccccc2)CCCNC1. The normalized spacial score (nSPS) is 24.5. The van der Waals surface area contributed by atoms with E-state index in [-0.39, 0.29) is 11.8 Å². The maximum Gasteiger partial charge on any atom is 0.303 e. The van der Waals surface area contributed by atoms with Gasteiger partial charge in [-0.25, -0.2) is 0 Å². The van der Waals surface area contributed by atoms with Gasteiger partial charge in [-0.05, 0) is 31.4 Å². The van der Waals surface area contributed by atoms with Crippen LogP contribution in [0.25, 0.3) is 0 Å². The second kappa shape index (κ2) is 5.32. The van der Waals surface area contributed by atoms with Gasteiger partial charge in [-0.15, -0.1) is 0 Å². The number of carboxylic acids is 1. The number of carbonyl (C=O) groups is 1. The van der Waals surface area contributed by atoms with Crippen LogP contribution in [0.4, 0.5) is 0 Å². The first-order valence-electron chi connectivity index (χ1n) is 6.21. The van der Waals surface area contributed by atoms with Gasteiger partial charge in [0, 0.05) is 18.4 Å². The van der Waals surface area contributed by atoms with Gasteiger partial charge in [0.1, 0.15) is 0 Å². The molecular formula is C14H19NO2. The van der Waals surface area contributed by atoms with Crippen LogP contribution in [0.5, 0.6) is 0 Å². The van der Waals surface area contributed by atoms with Crippen LogP contribution in [-0.4, -0.2) is 24.2 Å². The molecule has 0 spiro atoms. The summed E-state index contributed by atoms with van der Waals surface area (Å²) in [6.45, 7) is 1.94. The predicted molar refractivity (Wildman–Crippen MR) is 67.1 cm³/mol. The molecule has 1 aliphatic heterocycles. The highest BCUT2D eigenvalue weighted by Crippen LogP contribution is 2.35. The van der Waals surface area contributed by atoms with Crippen LogP contribution in [0.2, 0.25) is 0 Å². The second-order valence-corrected chi connectivity index (χ2v) is 4.82. The number of carboxylic acid groups (broad SMARTS) is 1. The minimum atomic E-state index is -0.703. The van der Waals surface area contributed by atoms with E-state index >= 15 is 0 Å². The summed E-state index contributed by atoms with van der Waals surface area (Å²) >= 11 is 0. The van der Waals surface area contributed by atoms with Crippen molar-refractivity contribution >= 4 is 5.97 Å². The van der Waals surface area contributed by atoms with Crippen LogP contribution in [0.1, 0.15) is 31.2 Å². The lowest BCUT2D eigenvalue weighted by atomic mass is 9.71. The first kappa shape index (κ1) is 12.1. The molecule has 1 fully saturated rings. The van der Waals surface area contributed by atoms with E-state index in [0.29, 0.717) is 0 Å². The van der Waals surface area contributed by atoms with Crippen molar-refractivity contribution in [1.82, 2.24) is 5.32 Å². The lowest BCUT2D eigenvalue weighted by molar-refractivity contribution is -0.137. The number of piperidine rings is 1. The van der Waals surface area contributed by atoms with Crippen LogP contribution in [0, 0.1) is 0 Å². The molecule has 3 nitrogen and oxygen atoms in total. The zero-order valence-corrected chi connectivity index (χ0v) is 9.98. The van der Waals surface area contributed by atoms with Crippen LogP contribution < -0.4 is 5.32 Å². The van der Waals surface area contributed by atoms with Gasteiger partial charge in [-0.1, -0.05) is 30.3 Å². The minimum Gasteiger partial charge on any atom is -0.481 e. The third-order valence-corrected chi connectivity index (χ3v) is 3.68. The molecule has 1 aromatic carbocycles. The zero-order valence-electron chi connectivity index (χ0n) is 9.98. The summed E-state index contributed by atoms with van der Waals surface area (Å²) in [5.41, 5.74) is 1.28. The van der Waals surface area contributed by atoms with Gasteiger partial charge in [0.25, 0.3) is 0 Å². The van der Waals surface area contributed by atoms with Gasteiger partial charge in [-0.2, -0.15) is 0 Å². The van der Waals surface area contributed by atoms with E-state index in [0.717, 1.165) is 32.4 Å². The maximum absolute atomic E-state index is 10.8. The van der Waals surface area contributed by atoms with Gasteiger partial charge in [0.05, 0.1) is 0 Å². The van der Waals surface area contributed by atoms with E-state index in [4.69, 9.17) is 5.11 Å². The molecule has 1 atom stereocenters. The van der Waals surface area contributed by atoms with E-state index in [1.54, 1.807) is 0 Å². The fourth-order valence-electron chi connectivity index (χ4n) is 2.71. The molecule has 0 aromatic heterocycles. The Balaban J connectivity index is 2.20. The quantitative estimate of drug-likeness (QED) is 0.838. The highest BCUT2D eigenvalue weighted by Gasteiger charge is 2.33. The Hall–Kier alpha value is -1.35. The molecule has 92 valence electrons. The molecule has 0 aliphatic carbocycles. The third kappa shape index (κ3) is 2.86. The molecule has 1 aliphatic rings. The van der Waals surface area contributed by atoms with Gasteiger partial charge >= 0.3 is 5.97 Å². The van der Waals surface area contributed by atoms with E-state index < -0.39 is 5.97 Å². The smallest absolute Gasteiger partial charge is 0.303 e. The molecule has 2 rings (SSSR count). The summed E-state index contributed by atoms with van der Waals surface area (Å²) in [4.78, 5) is 10.8. The molecule has 0 radical (unpaired) electrons. The summed E-state index contributed by atoms with van der Waals surface area (Å²) in [6, 6.07) is 10.3. The zero-order chi connectivity index (χ0) is 12.1. The summed E-state index contributed by atoms with van der Waals surface area (Å²) in [6.07, 6.45) is 3.17. The van der Waals surface area contributed by atoms with Gasteiger partial charge < -0.3 is 10.4 Å². The average Bonchev–Trinajstić information content (AvgIpc) is 2.39. The van der Waals surface area contributed by atoms with Crippen molar-refractivity contribution in [3.05, 3.63) is 35.9 Å². The maximum atomic E-state index is 10.8. The summed E-state index contributed by atoms with van der Waals surface area (Å²) in [7, 11) is 0. The van der Waals surface area contributed by atoms with E-state index in [2.05, 4.69) is 17.4 Å². The van der Waals surface area contributed by atoms with E-state index in [1.165, 1.54) is 5.56 Å². The summed E-state index contributed by atoms with van der Waals surface area (Å²) in [5, 5.41) is 12.3. The minimum absolute atomic E-state index is 0.0118. The van der Waals surface area contributed by atoms with Crippen molar-refractivity contribution in [3.8, 4) is 0 Å². The molecule has 1 aromatic rings. The molecule has 1 heterocycles. The topological polar surface area (TPSA) is 49.3 Å². The van der Waals surface area contributed by atoms with Crippen molar-refractivity contribution in [1.29, 1.82) is 0 Å². The van der Waals surface area contributed by atoms with Gasteiger partial charge in [-0.3, -0.25) is 4.79 Å². The van der Waals surface area contributed by atoms with Crippen molar-refractivity contribution in [3.63, 3.8) is 0 Å². The Kier molecular flexibility index (Phi) is 3.79. The number of hydrogen-bond acceptors (Lipinski definition) is 2. The van der Waals surface area contributed by atoms with Gasteiger partial charge in [0.2, 0.25) is 0 Å². The molecule has 17 heavy (non-hydrogen) atoms. The van der Waals surface area contributed by atoms with Crippen LogP contribution in [0.3, 0.4) is 0 Å². The Morgan fingerprint density at radius 1 is 1.35 bits per heavy atom. The van der Waals surface area contributed by atoms with Crippen molar-refractivity contribution in [2.24, 2.45) is 0 Å². The molecule has 2 N–H and O–H groups in total. The van der Waals surface area contributed by atoms with Crippen molar-refractivity contribution in [2.45, 2.75) is 31.1 Å². The average molecular weight is 233 g/mol. The summed E-state index contributed by atoms with van der Waals surface area (Å²) in [5.74, 6) is -0.703. The Morgan fingerprint density at radius 3 is 2.71 bits per heavy atom. The highest BCUT2D eigenvalue weighted by atomic mass is 16.4. The van der Waals surface area contributed by atoms with Crippen LogP contribution in [-0.2, 0) is 10.2 Å². The number of hydrogen-bond donors (Lipinski definition) is 2. The fourth-order valence-corrected chi connectivity index (χ4v) is 2.71. The summed E-state index contributed by atoms with van der Waals surface area (Å²) < 4.78 is 0. The largest absolute Gasteiger partial charge is 0.481 e. The highest BCUT2D eigenvalue weighted by molar-refractivity contribution is 5.66. The molecule has 1 saturated heterocycles. The first-order chi connectivity index (χ1) is 8.23. The number of benzene rings is 1. The number of rotatable bonds is 4. The lowest BCUT2D eigenvalue weighted by Gasteiger charge is -2.38. The van der Waals surface area contributed by atoms with Crippen LogP contribution in [0.15, 0.2) is 30.3 Å². The van der Waals surface area contributed by atoms with Crippen LogP contribution >= 0.6 is 0 Å². The number of aliphatic carboxylic acids is 1. The standard InChI is InChI=1S/C14H19NO2/c16-13(17)7-9-14(8-4-10-15-11-14)12-5-2-1-3-6-12/h1-3,5-6,15H,4,7-11H2,(H,16,17). The molecular weight excluding hydrogens is 214 g/mol. The fraction of sp³-hybridized carbons (Fsp3) is 0.500. The van der Waals surface area contributed by atoms with Crippen molar-refractivity contribution < 1.29 is 9.90 Å². The van der Waals surface area contributed by atoms with E-state index in [1.807, 2.05) is 18.2 Å².